The molecule has 0 amide bonds. The molecule has 0 fully saturated rings. The summed E-state index contributed by atoms with van der Waals surface area (Å²) in [6.45, 7) is 14.4. The number of carbonyl (C=O) groups is 2. The van der Waals surface area contributed by atoms with E-state index in [1.807, 2.05) is 0 Å². The van der Waals surface area contributed by atoms with Gasteiger partial charge >= 0.3 is 11.9 Å². The Hall–Kier alpha value is -1.22. The van der Waals surface area contributed by atoms with Crippen LogP contribution in [-0.4, -0.2) is 96.6 Å². The van der Waals surface area contributed by atoms with Crippen LogP contribution in [0.4, 0.5) is 0 Å². The van der Waals surface area contributed by atoms with E-state index >= 15 is 0 Å². The van der Waals surface area contributed by atoms with Crippen LogP contribution in [0, 0.1) is 0 Å². The maximum Gasteiger partial charge on any atom is 0.306 e. The van der Waals surface area contributed by atoms with Gasteiger partial charge in [0.05, 0.1) is 13.2 Å². The highest BCUT2D eigenvalue weighted by Crippen LogP contribution is 2.20. The molecular weight excluding hydrogens is 797 g/mol. The zero-order valence-corrected chi connectivity index (χ0v) is 43.5. The Morgan fingerprint density at radius 1 is 0.328 bits per heavy atom. The second-order valence-electron chi connectivity index (χ2n) is 19.6. The molecule has 0 heterocycles. The number of nitrogens with zero attached hydrogens (tertiary/aromatic N) is 2. The number of aliphatic hydroxyl groups excluding tert-OH is 2. The van der Waals surface area contributed by atoms with Gasteiger partial charge in [-0.3, -0.25) is 19.4 Å². The lowest BCUT2D eigenvalue weighted by atomic mass is 10.0. The highest BCUT2D eigenvalue weighted by Gasteiger charge is 2.16. The average molecular weight is 910 g/mol. The van der Waals surface area contributed by atoms with Crippen LogP contribution in [0.3, 0.4) is 0 Å². The molecule has 0 aromatic carbocycles. The van der Waals surface area contributed by atoms with Crippen molar-refractivity contribution in [2.45, 2.75) is 297 Å². The molecule has 0 unspecified atom stereocenters. The number of esters is 2. The molecule has 0 bridgehead atoms. The highest BCUT2D eigenvalue weighted by molar-refractivity contribution is 5.69. The molecule has 0 spiro atoms. The van der Waals surface area contributed by atoms with Crippen molar-refractivity contribution in [2.24, 2.45) is 0 Å². The number of unbranched alkanes of at least 4 members (excludes halogenated alkanes) is 28. The van der Waals surface area contributed by atoms with E-state index < -0.39 is 0 Å². The summed E-state index contributed by atoms with van der Waals surface area (Å²) in [6, 6.07) is 0. The van der Waals surface area contributed by atoms with Gasteiger partial charge in [-0.1, -0.05) is 195 Å². The van der Waals surface area contributed by atoms with Crippen molar-refractivity contribution in [1.82, 2.24) is 9.80 Å². The third-order valence-electron chi connectivity index (χ3n) is 13.4. The van der Waals surface area contributed by atoms with Gasteiger partial charge in [-0.05, 0) is 90.1 Å². The maximum atomic E-state index is 12.8. The van der Waals surface area contributed by atoms with Gasteiger partial charge in [-0.15, -0.1) is 0 Å². The van der Waals surface area contributed by atoms with Crippen LogP contribution in [0.2, 0.25) is 0 Å². The monoisotopic (exact) mass is 909 g/mol. The van der Waals surface area contributed by atoms with E-state index in [1.54, 1.807) is 0 Å². The lowest BCUT2D eigenvalue weighted by Gasteiger charge is -2.27. The molecule has 0 aromatic heterocycles. The van der Waals surface area contributed by atoms with Crippen LogP contribution in [0.5, 0.6) is 0 Å². The minimum absolute atomic E-state index is 0.00145. The Morgan fingerprint density at radius 2 is 0.578 bits per heavy atom. The smallest absolute Gasteiger partial charge is 0.306 e. The van der Waals surface area contributed by atoms with Crippen LogP contribution >= 0.6 is 0 Å². The zero-order chi connectivity index (χ0) is 46.8. The first-order chi connectivity index (χ1) is 31.4. The topological polar surface area (TPSA) is 99.5 Å². The summed E-state index contributed by atoms with van der Waals surface area (Å²) in [5.41, 5.74) is 0. The van der Waals surface area contributed by atoms with Gasteiger partial charge in [-0.2, -0.15) is 0 Å². The summed E-state index contributed by atoms with van der Waals surface area (Å²) in [4.78, 5) is 30.4. The van der Waals surface area contributed by atoms with Crippen LogP contribution in [0.15, 0.2) is 0 Å². The highest BCUT2D eigenvalue weighted by atomic mass is 16.5. The van der Waals surface area contributed by atoms with Crippen LogP contribution < -0.4 is 0 Å². The molecule has 8 nitrogen and oxygen atoms in total. The van der Waals surface area contributed by atoms with Gasteiger partial charge in [0.2, 0.25) is 0 Å². The quantitative estimate of drug-likeness (QED) is 0.0460. The van der Waals surface area contributed by atoms with Crippen LogP contribution in [-0.2, 0) is 19.1 Å². The maximum absolute atomic E-state index is 12.8. The molecule has 2 N–H and O–H groups in total. The number of hydrogen-bond acceptors (Lipinski definition) is 8. The second-order valence-corrected chi connectivity index (χ2v) is 19.6. The van der Waals surface area contributed by atoms with Crippen LogP contribution in [0.25, 0.3) is 0 Å². The van der Waals surface area contributed by atoms with E-state index in [9.17, 15) is 19.8 Å². The molecule has 0 aliphatic heterocycles. The van der Waals surface area contributed by atoms with Crippen molar-refractivity contribution in [3.05, 3.63) is 0 Å². The Morgan fingerprint density at radius 3 is 0.859 bits per heavy atom. The van der Waals surface area contributed by atoms with Crippen molar-refractivity contribution in [2.75, 3.05) is 52.5 Å². The number of aliphatic hydroxyl groups is 2. The van der Waals surface area contributed by atoms with Crippen molar-refractivity contribution in [3.63, 3.8) is 0 Å². The summed E-state index contributed by atoms with van der Waals surface area (Å²) in [6.07, 6.45) is 46.6. The molecule has 0 aliphatic carbocycles. The standard InChI is InChI=1S/C56H112N2O6/c1-5-9-13-17-23-31-39-53(40-32-24-18-14-10-6-2)63-55(61)43-35-27-21-29-37-45-57(49-51-59)47-48-58(50-52-60)46-38-30-22-28-36-44-56(62)64-54(41-33-25-19-15-11-7-3)42-34-26-20-16-12-8-4/h53-54,59-60H,5-52H2,1-4H3. The molecule has 0 rings (SSSR count). The zero-order valence-electron chi connectivity index (χ0n) is 43.5. The minimum Gasteiger partial charge on any atom is -0.462 e. The van der Waals surface area contributed by atoms with E-state index in [4.69, 9.17) is 9.47 Å². The van der Waals surface area contributed by atoms with Gasteiger partial charge in [-0.25, -0.2) is 0 Å². The summed E-state index contributed by atoms with van der Waals surface area (Å²) >= 11 is 0. The van der Waals surface area contributed by atoms with Gasteiger partial charge in [0, 0.05) is 39.0 Å². The van der Waals surface area contributed by atoms with Crippen molar-refractivity contribution < 1.29 is 29.3 Å². The molecular formula is C56H112N2O6. The van der Waals surface area contributed by atoms with Crippen molar-refractivity contribution in [3.8, 4) is 0 Å². The average Bonchev–Trinajstić information content (AvgIpc) is 3.28. The third kappa shape index (κ3) is 44.6. The predicted molar refractivity (Wildman–Crippen MR) is 274 cm³/mol. The van der Waals surface area contributed by atoms with Gasteiger partial charge < -0.3 is 19.7 Å². The number of rotatable bonds is 53. The summed E-state index contributed by atoms with van der Waals surface area (Å²) < 4.78 is 12.1. The lowest BCUT2D eigenvalue weighted by Crippen LogP contribution is -2.38. The molecule has 0 radical (unpaired) electrons. The molecule has 382 valence electrons. The fraction of sp³-hybridized carbons (Fsp3) is 0.964. The fourth-order valence-electron chi connectivity index (χ4n) is 9.13. The lowest BCUT2D eigenvalue weighted by molar-refractivity contribution is -0.151. The largest absolute Gasteiger partial charge is 0.462 e. The third-order valence-corrected chi connectivity index (χ3v) is 13.4. The van der Waals surface area contributed by atoms with Gasteiger partial charge in [0.15, 0.2) is 0 Å². The van der Waals surface area contributed by atoms with E-state index in [-0.39, 0.29) is 37.4 Å². The molecule has 0 saturated carbocycles. The first-order valence-electron chi connectivity index (χ1n) is 28.5. The molecule has 64 heavy (non-hydrogen) atoms. The normalized spacial score (nSPS) is 11.8. The van der Waals surface area contributed by atoms with Gasteiger partial charge in [0.1, 0.15) is 12.2 Å². The first-order valence-corrected chi connectivity index (χ1v) is 28.5. The van der Waals surface area contributed by atoms with Crippen molar-refractivity contribution >= 4 is 11.9 Å². The molecule has 8 heteroatoms. The minimum atomic E-state index is 0.00145. The Balaban J connectivity index is 4.38. The summed E-state index contributed by atoms with van der Waals surface area (Å²) in [5, 5.41) is 19.5. The predicted octanol–water partition coefficient (Wildman–Crippen LogP) is 15.1. The number of carbonyl (C=O) groups excluding carboxylic acids is 2. The molecule has 0 aromatic rings. The van der Waals surface area contributed by atoms with E-state index in [1.165, 1.54) is 154 Å². The van der Waals surface area contributed by atoms with E-state index in [2.05, 4.69) is 37.5 Å². The Kier molecular flexibility index (Phi) is 50.2. The first kappa shape index (κ1) is 62.8. The molecule has 0 saturated heterocycles. The van der Waals surface area contributed by atoms with Gasteiger partial charge in [0.25, 0.3) is 0 Å². The second kappa shape index (κ2) is 51.2. The fourth-order valence-corrected chi connectivity index (χ4v) is 9.13. The van der Waals surface area contributed by atoms with E-state index in [0.717, 1.165) is 116 Å². The number of hydrogen-bond donors (Lipinski definition) is 2. The van der Waals surface area contributed by atoms with Crippen molar-refractivity contribution in [1.29, 1.82) is 0 Å². The SMILES string of the molecule is CCCCCCCCC(CCCCCCCC)OC(=O)CCCCCCCN(CCO)CCN(CCO)CCCCCCCC(=O)OC(CCCCCCCC)CCCCCCCC. The molecule has 0 atom stereocenters. The Bertz CT molecular complexity index is 846. The molecule has 0 aliphatic rings. The summed E-state index contributed by atoms with van der Waals surface area (Å²) in [5.74, 6) is 0.00290. The number of ether oxygens (including phenoxy) is 2. The van der Waals surface area contributed by atoms with Crippen LogP contribution in [0.1, 0.15) is 285 Å². The van der Waals surface area contributed by atoms with E-state index in [0.29, 0.717) is 25.9 Å². The summed E-state index contributed by atoms with van der Waals surface area (Å²) in [7, 11) is 0. The Labute approximate surface area is 398 Å².